The van der Waals surface area contributed by atoms with Gasteiger partial charge >= 0.3 is 0 Å². The van der Waals surface area contributed by atoms with Crippen LogP contribution >= 0.6 is 0 Å². The lowest BCUT2D eigenvalue weighted by Gasteiger charge is -2.22. The van der Waals surface area contributed by atoms with Crippen LogP contribution in [-0.4, -0.2) is 45.4 Å². The first-order chi connectivity index (χ1) is 8.19. The maximum Gasteiger partial charge on any atom is 0.208 e. The molecule has 0 aromatic carbocycles. The number of hydrogen-bond donors (Lipinski definition) is 4. The van der Waals surface area contributed by atoms with E-state index in [0.29, 0.717) is 13.1 Å². The van der Waals surface area contributed by atoms with Crippen LogP contribution in [0.2, 0.25) is 0 Å². The molecule has 0 fully saturated rings. The fourth-order valence-corrected chi connectivity index (χ4v) is 1.84. The minimum Gasteiger partial charge on any atom is -0.409 e. The van der Waals surface area contributed by atoms with Gasteiger partial charge in [0, 0.05) is 18.5 Å². The molecule has 18 heavy (non-hydrogen) atoms. The van der Waals surface area contributed by atoms with Gasteiger partial charge in [0.15, 0.2) is 0 Å². The Kier molecular flexibility index (Phi) is 7.19. The minimum atomic E-state index is -3.10. The number of amidine groups is 1. The zero-order chi connectivity index (χ0) is 14.2. The van der Waals surface area contributed by atoms with Crippen LogP contribution < -0.4 is 15.8 Å². The Balaban J connectivity index is 3.64. The Hall–Kier alpha value is -0.860. The van der Waals surface area contributed by atoms with Crippen molar-refractivity contribution in [1.82, 2.24) is 10.0 Å². The van der Waals surface area contributed by atoms with Gasteiger partial charge in [0.1, 0.15) is 5.84 Å². The Labute approximate surface area is 109 Å². The summed E-state index contributed by atoms with van der Waals surface area (Å²) in [5.74, 6) is 0.223. The summed E-state index contributed by atoms with van der Waals surface area (Å²) in [6, 6.07) is 0. The van der Waals surface area contributed by atoms with Crippen LogP contribution in [-0.2, 0) is 10.0 Å². The second-order valence-electron chi connectivity index (χ2n) is 4.89. The number of nitrogens with two attached hydrogens (primary N) is 1. The molecule has 0 aromatic heterocycles. The molecule has 0 aromatic rings. The normalized spacial score (nSPS) is 13.8. The molecule has 0 aliphatic rings. The summed E-state index contributed by atoms with van der Waals surface area (Å²) in [5, 5.41) is 14.7. The standard InChI is InChI=1S/C10H24N4O3S/c1-10(2,9(11)14-15)5-4-6-12-7-8-13-18(3,16)17/h12-13,15H,4-8H2,1-3H3,(H2,11,14). The average Bonchev–Trinajstić information content (AvgIpc) is 2.25. The smallest absolute Gasteiger partial charge is 0.208 e. The summed E-state index contributed by atoms with van der Waals surface area (Å²) in [4.78, 5) is 0. The zero-order valence-corrected chi connectivity index (χ0v) is 12.0. The predicted molar refractivity (Wildman–Crippen MR) is 72.1 cm³/mol. The topological polar surface area (TPSA) is 117 Å². The van der Waals surface area contributed by atoms with Crippen molar-refractivity contribution in [2.45, 2.75) is 26.7 Å². The fraction of sp³-hybridized carbons (Fsp3) is 0.900. The van der Waals surface area contributed by atoms with Gasteiger partial charge < -0.3 is 16.3 Å². The number of sulfonamides is 1. The maximum atomic E-state index is 10.8. The van der Waals surface area contributed by atoms with E-state index in [2.05, 4.69) is 15.2 Å². The van der Waals surface area contributed by atoms with Crippen molar-refractivity contribution >= 4 is 15.9 Å². The summed E-state index contributed by atoms with van der Waals surface area (Å²) in [6.45, 7) is 5.54. The van der Waals surface area contributed by atoms with Gasteiger partial charge in [-0.2, -0.15) is 0 Å². The van der Waals surface area contributed by atoms with Gasteiger partial charge in [-0.25, -0.2) is 13.1 Å². The highest BCUT2D eigenvalue weighted by Gasteiger charge is 2.22. The van der Waals surface area contributed by atoms with Crippen LogP contribution in [0, 0.1) is 5.41 Å². The van der Waals surface area contributed by atoms with Gasteiger partial charge in [-0.1, -0.05) is 19.0 Å². The fourth-order valence-electron chi connectivity index (χ4n) is 1.37. The van der Waals surface area contributed by atoms with Crippen LogP contribution in [0.1, 0.15) is 26.7 Å². The first-order valence-electron chi connectivity index (χ1n) is 5.82. The van der Waals surface area contributed by atoms with Gasteiger partial charge in [-0.15, -0.1) is 0 Å². The van der Waals surface area contributed by atoms with Crippen molar-refractivity contribution in [3.63, 3.8) is 0 Å². The first kappa shape index (κ1) is 17.1. The summed E-state index contributed by atoms with van der Waals surface area (Å²) in [5.41, 5.74) is 5.23. The van der Waals surface area contributed by atoms with Crippen LogP contribution in [0.5, 0.6) is 0 Å². The lowest BCUT2D eigenvalue weighted by atomic mass is 9.86. The van der Waals surface area contributed by atoms with Gasteiger partial charge in [0.25, 0.3) is 0 Å². The third kappa shape index (κ3) is 8.26. The minimum absolute atomic E-state index is 0.223. The Morgan fingerprint density at radius 3 is 2.44 bits per heavy atom. The third-order valence-corrected chi connectivity index (χ3v) is 3.35. The van der Waals surface area contributed by atoms with Crippen LogP contribution in [0.4, 0.5) is 0 Å². The monoisotopic (exact) mass is 280 g/mol. The number of nitrogens with one attached hydrogen (secondary N) is 2. The second kappa shape index (κ2) is 7.55. The molecule has 0 aliphatic heterocycles. The molecule has 0 heterocycles. The molecule has 0 saturated carbocycles. The molecular weight excluding hydrogens is 256 g/mol. The zero-order valence-electron chi connectivity index (χ0n) is 11.2. The molecule has 0 amide bonds. The average molecular weight is 280 g/mol. The lowest BCUT2D eigenvalue weighted by molar-refractivity contribution is 0.304. The first-order valence-corrected chi connectivity index (χ1v) is 7.71. The highest BCUT2D eigenvalue weighted by molar-refractivity contribution is 7.88. The van der Waals surface area contributed by atoms with Gasteiger partial charge in [-0.3, -0.25) is 0 Å². The molecular formula is C10H24N4O3S. The van der Waals surface area contributed by atoms with Crippen LogP contribution in [0.25, 0.3) is 0 Å². The number of rotatable bonds is 9. The van der Waals surface area contributed by atoms with E-state index < -0.39 is 10.0 Å². The van der Waals surface area contributed by atoms with Crippen molar-refractivity contribution in [3.05, 3.63) is 0 Å². The SMILES string of the molecule is CC(C)(CCCNCCNS(C)(=O)=O)C(N)=NO. The molecule has 0 bridgehead atoms. The molecule has 0 rings (SSSR count). The van der Waals surface area contributed by atoms with E-state index in [9.17, 15) is 8.42 Å². The lowest BCUT2D eigenvalue weighted by Crippen LogP contribution is -2.34. The summed E-state index contributed by atoms with van der Waals surface area (Å²) >= 11 is 0. The largest absolute Gasteiger partial charge is 0.409 e. The molecule has 8 heteroatoms. The second-order valence-corrected chi connectivity index (χ2v) is 6.72. The Bertz CT molecular complexity index is 365. The van der Waals surface area contributed by atoms with E-state index in [0.717, 1.165) is 25.6 Å². The number of hydrogen-bond acceptors (Lipinski definition) is 5. The van der Waals surface area contributed by atoms with E-state index in [1.807, 2.05) is 13.8 Å². The highest BCUT2D eigenvalue weighted by atomic mass is 32.2. The molecule has 0 saturated heterocycles. The summed E-state index contributed by atoms with van der Waals surface area (Å²) in [6.07, 6.45) is 2.78. The Morgan fingerprint density at radius 1 is 1.33 bits per heavy atom. The molecule has 7 nitrogen and oxygen atoms in total. The van der Waals surface area contributed by atoms with E-state index >= 15 is 0 Å². The highest BCUT2D eigenvalue weighted by Crippen LogP contribution is 2.21. The van der Waals surface area contributed by atoms with Crippen molar-refractivity contribution in [1.29, 1.82) is 0 Å². The Morgan fingerprint density at radius 2 is 1.94 bits per heavy atom. The predicted octanol–water partition coefficient (Wildman–Crippen LogP) is -0.322. The quantitative estimate of drug-likeness (QED) is 0.152. The number of nitrogens with zero attached hydrogens (tertiary/aromatic N) is 1. The van der Waals surface area contributed by atoms with Gasteiger partial charge in [0.2, 0.25) is 10.0 Å². The molecule has 0 radical (unpaired) electrons. The van der Waals surface area contributed by atoms with E-state index in [4.69, 9.17) is 10.9 Å². The van der Waals surface area contributed by atoms with Crippen LogP contribution in [0.3, 0.4) is 0 Å². The maximum absolute atomic E-state index is 10.8. The molecule has 0 atom stereocenters. The van der Waals surface area contributed by atoms with Gasteiger partial charge in [-0.05, 0) is 19.4 Å². The molecule has 108 valence electrons. The van der Waals surface area contributed by atoms with Crippen molar-refractivity contribution in [2.24, 2.45) is 16.3 Å². The molecule has 0 spiro atoms. The van der Waals surface area contributed by atoms with Crippen LogP contribution in [0.15, 0.2) is 5.16 Å². The van der Waals surface area contributed by atoms with Gasteiger partial charge in [0.05, 0.1) is 6.26 Å². The molecule has 0 aliphatic carbocycles. The van der Waals surface area contributed by atoms with E-state index in [1.54, 1.807) is 0 Å². The summed E-state index contributed by atoms with van der Waals surface area (Å²) in [7, 11) is -3.10. The van der Waals surface area contributed by atoms with Crippen molar-refractivity contribution in [3.8, 4) is 0 Å². The van der Waals surface area contributed by atoms with E-state index in [-0.39, 0.29) is 11.3 Å². The number of oxime groups is 1. The van der Waals surface area contributed by atoms with E-state index in [1.165, 1.54) is 0 Å². The van der Waals surface area contributed by atoms with Crippen molar-refractivity contribution in [2.75, 3.05) is 25.9 Å². The third-order valence-electron chi connectivity index (χ3n) is 2.62. The van der Waals surface area contributed by atoms with Crippen molar-refractivity contribution < 1.29 is 13.6 Å². The molecule has 5 N–H and O–H groups in total. The molecule has 0 unspecified atom stereocenters. The summed E-state index contributed by atoms with van der Waals surface area (Å²) < 4.78 is 23.9.